The molecule has 368 valence electrons. The summed E-state index contributed by atoms with van der Waals surface area (Å²) in [5.41, 5.74) is 0. The minimum atomic E-state index is -4.60. The smallest absolute Gasteiger partial charge is 0.268 e. The number of phosphoric ester groups is 1. The quantitative estimate of drug-likeness (QED) is 0.0273. The fourth-order valence-corrected chi connectivity index (χ4v) is 8.06. The molecular formula is C54H101N2O6P. The van der Waals surface area contributed by atoms with Crippen LogP contribution in [0, 0.1) is 0 Å². The zero-order valence-electron chi connectivity index (χ0n) is 41.8. The maximum Gasteiger partial charge on any atom is 0.268 e. The molecule has 0 heterocycles. The molecule has 0 saturated carbocycles. The van der Waals surface area contributed by atoms with Crippen molar-refractivity contribution >= 4 is 13.7 Å². The first-order valence-corrected chi connectivity index (χ1v) is 27.6. The monoisotopic (exact) mass is 905 g/mol. The maximum absolute atomic E-state index is 12.9. The molecule has 0 aliphatic rings. The molecule has 9 heteroatoms. The number of nitrogens with one attached hydrogen (secondary N) is 1. The zero-order chi connectivity index (χ0) is 46.4. The highest BCUT2D eigenvalue weighted by Crippen LogP contribution is 2.38. The van der Waals surface area contributed by atoms with Crippen LogP contribution in [0.1, 0.15) is 226 Å². The van der Waals surface area contributed by atoms with Gasteiger partial charge in [-0.3, -0.25) is 9.36 Å². The van der Waals surface area contributed by atoms with Gasteiger partial charge in [0.15, 0.2) is 0 Å². The van der Waals surface area contributed by atoms with Crippen LogP contribution < -0.4 is 10.2 Å². The van der Waals surface area contributed by atoms with Crippen LogP contribution in [-0.2, 0) is 18.4 Å². The topological polar surface area (TPSA) is 108 Å². The number of aliphatic hydroxyl groups excluding tert-OH is 1. The molecule has 3 atom stereocenters. The summed E-state index contributed by atoms with van der Waals surface area (Å²) in [5.74, 6) is -0.213. The largest absolute Gasteiger partial charge is 0.756 e. The van der Waals surface area contributed by atoms with Crippen molar-refractivity contribution in [2.45, 2.75) is 238 Å². The third-order valence-corrected chi connectivity index (χ3v) is 12.4. The van der Waals surface area contributed by atoms with E-state index >= 15 is 0 Å². The number of amides is 1. The van der Waals surface area contributed by atoms with Gasteiger partial charge in [0.25, 0.3) is 7.82 Å². The van der Waals surface area contributed by atoms with Crippen molar-refractivity contribution in [1.82, 2.24) is 5.32 Å². The van der Waals surface area contributed by atoms with Gasteiger partial charge in [-0.2, -0.15) is 0 Å². The number of likely N-dealkylation sites (N-methyl/N-ethyl adjacent to an activating group) is 1. The van der Waals surface area contributed by atoms with Crippen LogP contribution in [0.25, 0.3) is 0 Å². The molecule has 0 rings (SSSR count). The van der Waals surface area contributed by atoms with Crippen LogP contribution >= 0.6 is 7.82 Å². The molecule has 0 aliphatic heterocycles. The molecule has 0 spiro atoms. The highest BCUT2D eigenvalue weighted by atomic mass is 31.2. The number of unbranched alkanes of at least 4 members (excludes halogenated alkanes) is 26. The third kappa shape index (κ3) is 48.0. The van der Waals surface area contributed by atoms with Crippen molar-refractivity contribution in [2.24, 2.45) is 0 Å². The van der Waals surface area contributed by atoms with Crippen molar-refractivity contribution in [3.8, 4) is 0 Å². The number of aliphatic hydroxyl groups is 1. The maximum atomic E-state index is 12.9. The highest BCUT2D eigenvalue weighted by molar-refractivity contribution is 7.45. The molecule has 0 aliphatic carbocycles. The van der Waals surface area contributed by atoms with Gasteiger partial charge in [0.05, 0.1) is 39.9 Å². The number of allylic oxidation sites excluding steroid dienone is 9. The lowest BCUT2D eigenvalue weighted by molar-refractivity contribution is -0.870. The first-order valence-electron chi connectivity index (χ1n) is 26.2. The summed E-state index contributed by atoms with van der Waals surface area (Å²) >= 11 is 0. The van der Waals surface area contributed by atoms with E-state index in [2.05, 4.69) is 67.8 Å². The first kappa shape index (κ1) is 61.2. The van der Waals surface area contributed by atoms with Crippen LogP contribution in [0.4, 0.5) is 0 Å². The summed E-state index contributed by atoms with van der Waals surface area (Å²) in [4.78, 5) is 25.3. The van der Waals surface area contributed by atoms with Crippen molar-refractivity contribution in [3.63, 3.8) is 0 Å². The number of rotatable bonds is 47. The lowest BCUT2D eigenvalue weighted by Crippen LogP contribution is -2.45. The number of phosphoric acid groups is 1. The number of quaternary nitrogens is 1. The standard InChI is InChI=1S/C54H101N2O6P/c1-6-8-10-12-14-16-18-19-20-21-22-23-24-25-26-27-28-29-30-31-32-33-34-35-36-37-38-40-42-44-46-48-54(58)55-52(51-62-63(59,60)61-50-49-56(3,4)5)53(57)47-45-43-41-39-17-15-13-11-9-7-2/h9,11,17-19,21-22,39,45,47,52-53,57H,6-8,10,12-16,20,23-38,40-44,46,48-51H2,1-5H3,(H-,55,58,59,60)/b11-9+,19-18-,22-21-,39-17+,47-45+. The van der Waals surface area contributed by atoms with E-state index < -0.39 is 26.6 Å². The van der Waals surface area contributed by atoms with E-state index in [4.69, 9.17) is 9.05 Å². The summed E-state index contributed by atoms with van der Waals surface area (Å²) < 4.78 is 23.2. The van der Waals surface area contributed by atoms with Gasteiger partial charge in [0.2, 0.25) is 5.91 Å². The lowest BCUT2D eigenvalue weighted by Gasteiger charge is -2.29. The van der Waals surface area contributed by atoms with E-state index in [0.717, 1.165) is 57.8 Å². The minimum Gasteiger partial charge on any atom is -0.756 e. The summed E-state index contributed by atoms with van der Waals surface area (Å²) in [6.45, 7) is 4.48. The van der Waals surface area contributed by atoms with E-state index in [1.54, 1.807) is 6.08 Å². The van der Waals surface area contributed by atoms with Gasteiger partial charge in [-0.1, -0.05) is 209 Å². The van der Waals surface area contributed by atoms with Gasteiger partial charge in [0.1, 0.15) is 13.2 Å². The highest BCUT2D eigenvalue weighted by Gasteiger charge is 2.23. The van der Waals surface area contributed by atoms with Crippen LogP contribution in [0.2, 0.25) is 0 Å². The van der Waals surface area contributed by atoms with Gasteiger partial charge in [0, 0.05) is 6.42 Å². The second-order valence-electron chi connectivity index (χ2n) is 18.8. The molecule has 0 aromatic rings. The van der Waals surface area contributed by atoms with Crippen LogP contribution in [0.15, 0.2) is 60.8 Å². The van der Waals surface area contributed by atoms with Gasteiger partial charge in [-0.05, 0) is 70.6 Å². The Morgan fingerprint density at radius 1 is 0.571 bits per heavy atom. The number of nitrogens with zero attached hydrogens (tertiary/aromatic N) is 1. The van der Waals surface area contributed by atoms with E-state index in [1.165, 1.54) is 148 Å². The molecule has 63 heavy (non-hydrogen) atoms. The molecule has 0 saturated heterocycles. The molecule has 1 amide bonds. The number of hydrogen-bond donors (Lipinski definition) is 2. The first-order chi connectivity index (χ1) is 30.5. The summed E-state index contributed by atoms with van der Waals surface area (Å²) in [5, 5.41) is 13.7. The average Bonchev–Trinajstić information content (AvgIpc) is 3.24. The summed E-state index contributed by atoms with van der Waals surface area (Å²) in [7, 11) is 1.23. The molecule has 2 N–H and O–H groups in total. The number of carbonyl (C=O) groups is 1. The van der Waals surface area contributed by atoms with Crippen LogP contribution in [0.3, 0.4) is 0 Å². The Kier molecular flexibility index (Phi) is 44.1. The number of hydrogen-bond acceptors (Lipinski definition) is 6. The average molecular weight is 905 g/mol. The molecule has 3 unspecified atom stereocenters. The predicted molar refractivity (Wildman–Crippen MR) is 270 cm³/mol. The molecule has 0 fully saturated rings. The van der Waals surface area contributed by atoms with Gasteiger partial charge in [-0.25, -0.2) is 0 Å². The van der Waals surface area contributed by atoms with Crippen LogP contribution in [0.5, 0.6) is 0 Å². The molecular weight excluding hydrogens is 804 g/mol. The Morgan fingerprint density at radius 3 is 1.44 bits per heavy atom. The Balaban J connectivity index is 4.02. The second kappa shape index (κ2) is 45.4. The fraction of sp³-hybridized carbons (Fsp3) is 0.796. The van der Waals surface area contributed by atoms with E-state index in [9.17, 15) is 19.4 Å². The zero-order valence-corrected chi connectivity index (χ0v) is 42.7. The van der Waals surface area contributed by atoms with Crippen molar-refractivity contribution < 1.29 is 32.9 Å². The molecule has 0 aromatic heterocycles. The molecule has 0 aromatic carbocycles. The van der Waals surface area contributed by atoms with Crippen molar-refractivity contribution in [1.29, 1.82) is 0 Å². The molecule has 8 nitrogen and oxygen atoms in total. The van der Waals surface area contributed by atoms with Crippen molar-refractivity contribution in [3.05, 3.63) is 60.8 Å². The summed E-state index contributed by atoms with van der Waals surface area (Å²) in [6, 6.07) is -0.908. The van der Waals surface area contributed by atoms with Crippen LogP contribution in [-0.4, -0.2) is 68.5 Å². The molecule has 0 radical (unpaired) electrons. The lowest BCUT2D eigenvalue weighted by atomic mass is 10.0. The van der Waals surface area contributed by atoms with E-state index in [1.807, 2.05) is 27.2 Å². The van der Waals surface area contributed by atoms with E-state index in [0.29, 0.717) is 17.4 Å². The Morgan fingerprint density at radius 2 is 0.984 bits per heavy atom. The molecule has 0 bridgehead atoms. The summed E-state index contributed by atoms with van der Waals surface area (Å²) in [6.07, 6.45) is 60.3. The Labute approximate surface area is 390 Å². The number of carbonyl (C=O) groups excluding carboxylic acids is 1. The van der Waals surface area contributed by atoms with Gasteiger partial charge >= 0.3 is 0 Å². The predicted octanol–water partition coefficient (Wildman–Crippen LogP) is 14.7. The van der Waals surface area contributed by atoms with Gasteiger partial charge in [-0.15, -0.1) is 0 Å². The minimum absolute atomic E-state index is 0.0100. The SMILES string of the molecule is CC/C=C/CC/C=C/CC/C=C/C(O)C(COP(=O)([O-])OCC[N+](C)(C)C)NC(=O)CCCCCCCCCCCCCCCCCCCCC/C=C\C/C=C\CCCCCCC. The fourth-order valence-electron chi connectivity index (χ4n) is 7.34. The second-order valence-corrected chi connectivity index (χ2v) is 20.2. The Bertz CT molecular complexity index is 1210. The van der Waals surface area contributed by atoms with E-state index in [-0.39, 0.29) is 12.5 Å². The van der Waals surface area contributed by atoms with Crippen molar-refractivity contribution in [2.75, 3.05) is 40.9 Å². The normalized spacial score (nSPS) is 14.6. The Hall–Kier alpha value is -1.80. The van der Waals surface area contributed by atoms with Gasteiger partial charge < -0.3 is 28.8 Å². The third-order valence-electron chi connectivity index (χ3n) is 11.4.